The Hall–Kier alpha value is -2.96. The van der Waals surface area contributed by atoms with E-state index < -0.39 is 11.6 Å². The molecule has 0 spiro atoms. The van der Waals surface area contributed by atoms with Gasteiger partial charge < -0.3 is 4.74 Å². The number of pyridine rings is 1. The van der Waals surface area contributed by atoms with E-state index in [4.69, 9.17) is 16.3 Å². The molecule has 168 valence electrons. The fourth-order valence-corrected chi connectivity index (χ4v) is 4.17. The summed E-state index contributed by atoms with van der Waals surface area (Å²) in [7, 11) is 0. The van der Waals surface area contributed by atoms with Gasteiger partial charge in [-0.1, -0.05) is 35.9 Å². The van der Waals surface area contributed by atoms with Gasteiger partial charge in [0.2, 0.25) is 0 Å². The van der Waals surface area contributed by atoms with Crippen molar-refractivity contribution in [1.29, 1.82) is 0 Å². The van der Waals surface area contributed by atoms with Crippen molar-refractivity contribution in [3.05, 3.63) is 115 Å². The highest BCUT2D eigenvalue weighted by atomic mass is 79.9. The van der Waals surface area contributed by atoms with Crippen molar-refractivity contribution in [2.75, 3.05) is 0 Å². The van der Waals surface area contributed by atoms with Crippen LogP contribution in [0.1, 0.15) is 16.8 Å². The van der Waals surface area contributed by atoms with Crippen LogP contribution in [0.25, 0.3) is 16.8 Å². The zero-order valence-electron chi connectivity index (χ0n) is 17.8. The fourth-order valence-electron chi connectivity index (χ4n) is 3.58. The van der Waals surface area contributed by atoms with Crippen molar-refractivity contribution in [1.82, 2.24) is 4.57 Å². The summed E-state index contributed by atoms with van der Waals surface area (Å²) in [5, 5.41) is 0.629. The van der Waals surface area contributed by atoms with E-state index in [1.165, 1.54) is 6.07 Å². The second kappa shape index (κ2) is 9.49. The van der Waals surface area contributed by atoms with Crippen LogP contribution in [0.4, 0.5) is 8.78 Å². The summed E-state index contributed by atoms with van der Waals surface area (Å²) in [5.41, 5.74) is 4.03. The molecule has 4 aromatic rings. The summed E-state index contributed by atoms with van der Waals surface area (Å²) in [4.78, 5) is 13.3. The third-order valence-corrected chi connectivity index (χ3v) is 6.27. The van der Waals surface area contributed by atoms with Crippen LogP contribution >= 0.6 is 27.5 Å². The third kappa shape index (κ3) is 4.87. The number of aryl methyl sites for hydroxylation is 2. The van der Waals surface area contributed by atoms with Crippen LogP contribution in [0.2, 0.25) is 5.02 Å². The van der Waals surface area contributed by atoms with Crippen molar-refractivity contribution in [2.24, 2.45) is 0 Å². The monoisotopic (exact) mass is 529 g/mol. The summed E-state index contributed by atoms with van der Waals surface area (Å²) >= 11 is 9.48. The lowest BCUT2D eigenvalue weighted by Gasteiger charge is -2.17. The van der Waals surface area contributed by atoms with Gasteiger partial charge in [-0.25, -0.2) is 8.78 Å². The molecule has 3 nitrogen and oxygen atoms in total. The summed E-state index contributed by atoms with van der Waals surface area (Å²) < 4.78 is 34.6. The molecule has 0 bridgehead atoms. The van der Waals surface area contributed by atoms with Gasteiger partial charge in [-0.05, 0) is 76.8 Å². The topological polar surface area (TPSA) is 31.2 Å². The van der Waals surface area contributed by atoms with Gasteiger partial charge in [0.15, 0.2) is 0 Å². The number of nitrogens with zero attached hydrogens (tertiary/aromatic N) is 1. The Morgan fingerprint density at radius 3 is 2.45 bits per heavy atom. The Kier molecular flexibility index (Phi) is 6.68. The molecule has 0 saturated carbocycles. The van der Waals surface area contributed by atoms with Crippen LogP contribution in [-0.4, -0.2) is 4.57 Å². The van der Waals surface area contributed by atoms with Gasteiger partial charge in [0.05, 0.1) is 5.69 Å². The SMILES string of the molecule is Cc1ccc(-c2cccc(Cl)c2)cc1-n1c(C)cc(OCc2ccc(F)cc2F)c(Br)c1=O. The van der Waals surface area contributed by atoms with Gasteiger partial charge in [-0.2, -0.15) is 0 Å². The molecule has 3 aromatic carbocycles. The molecule has 0 N–H and O–H groups in total. The highest BCUT2D eigenvalue weighted by Crippen LogP contribution is 2.29. The Morgan fingerprint density at radius 1 is 0.970 bits per heavy atom. The summed E-state index contributed by atoms with van der Waals surface area (Å²) in [5.74, 6) is -1.09. The lowest BCUT2D eigenvalue weighted by molar-refractivity contribution is 0.296. The minimum absolute atomic E-state index is 0.142. The molecular weight excluding hydrogens is 512 g/mol. The Balaban J connectivity index is 1.72. The van der Waals surface area contributed by atoms with E-state index >= 15 is 0 Å². The Bertz CT molecular complexity index is 1420. The van der Waals surface area contributed by atoms with Gasteiger partial charge in [0.25, 0.3) is 5.56 Å². The number of hydrogen-bond acceptors (Lipinski definition) is 2. The first-order chi connectivity index (χ1) is 15.7. The van der Waals surface area contributed by atoms with E-state index in [1.54, 1.807) is 17.6 Å². The highest BCUT2D eigenvalue weighted by molar-refractivity contribution is 9.10. The van der Waals surface area contributed by atoms with Gasteiger partial charge in [0, 0.05) is 28.4 Å². The second-order valence-corrected chi connectivity index (χ2v) is 8.87. The fraction of sp³-hybridized carbons (Fsp3) is 0.115. The smallest absolute Gasteiger partial charge is 0.273 e. The van der Waals surface area contributed by atoms with Crippen molar-refractivity contribution in [3.8, 4) is 22.6 Å². The minimum atomic E-state index is -0.704. The van der Waals surface area contributed by atoms with E-state index in [-0.39, 0.29) is 28.0 Å². The van der Waals surface area contributed by atoms with Crippen molar-refractivity contribution in [3.63, 3.8) is 0 Å². The first-order valence-electron chi connectivity index (χ1n) is 10.1. The first-order valence-corrected chi connectivity index (χ1v) is 11.3. The van der Waals surface area contributed by atoms with Crippen LogP contribution in [0.5, 0.6) is 5.75 Å². The van der Waals surface area contributed by atoms with Gasteiger partial charge in [0.1, 0.15) is 28.5 Å². The molecule has 1 heterocycles. The molecule has 0 aliphatic heterocycles. The molecule has 0 atom stereocenters. The predicted octanol–water partition coefficient (Wildman–Crippen LogP) is 7.39. The quantitative estimate of drug-likeness (QED) is 0.269. The van der Waals surface area contributed by atoms with Gasteiger partial charge in [-0.3, -0.25) is 9.36 Å². The molecule has 1 aromatic heterocycles. The molecule has 0 unspecified atom stereocenters. The number of benzene rings is 3. The summed E-state index contributed by atoms with van der Waals surface area (Å²) in [6, 6.07) is 18.4. The zero-order chi connectivity index (χ0) is 23.7. The van der Waals surface area contributed by atoms with E-state index in [2.05, 4.69) is 15.9 Å². The zero-order valence-corrected chi connectivity index (χ0v) is 20.2. The van der Waals surface area contributed by atoms with E-state index in [1.807, 2.05) is 49.4 Å². The van der Waals surface area contributed by atoms with Crippen molar-refractivity contribution < 1.29 is 13.5 Å². The van der Waals surface area contributed by atoms with Crippen molar-refractivity contribution in [2.45, 2.75) is 20.5 Å². The molecular formula is C26H19BrClF2NO2. The molecule has 33 heavy (non-hydrogen) atoms. The van der Waals surface area contributed by atoms with E-state index in [0.29, 0.717) is 10.7 Å². The number of hydrogen-bond donors (Lipinski definition) is 0. The number of halogens is 4. The first kappa shape index (κ1) is 23.2. The average molecular weight is 531 g/mol. The molecule has 0 aliphatic rings. The Labute approximate surface area is 203 Å². The van der Waals surface area contributed by atoms with E-state index in [9.17, 15) is 13.6 Å². The van der Waals surface area contributed by atoms with Crippen LogP contribution in [0.15, 0.2) is 76.0 Å². The summed E-state index contributed by atoms with van der Waals surface area (Å²) in [6.07, 6.45) is 0. The highest BCUT2D eigenvalue weighted by Gasteiger charge is 2.16. The van der Waals surface area contributed by atoms with Crippen LogP contribution in [0, 0.1) is 25.5 Å². The largest absolute Gasteiger partial charge is 0.487 e. The maximum absolute atomic E-state index is 13.9. The second-order valence-electron chi connectivity index (χ2n) is 7.64. The Morgan fingerprint density at radius 2 is 1.73 bits per heavy atom. The molecule has 7 heteroatoms. The van der Waals surface area contributed by atoms with Crippen molar-refractivity contribution >= 4 is 27.5 Å². The van der Waals surface area contributed by atoms with Crippen LogP contribution in [0.3, 0.4) is 0 Å². The lowest BCUT2D eigenvalue weighted by Crippen LogP contribution is -2.23. The molecule has 4 rings (SSSR count). The average Bonchev–Trinajstić information content (AvgIpc) is 2.77. The number of rotatable bonds is 5. The molecule has 0 saturated heterocycles. The predicted molar refractivity (Wildman–Crippen MR) is 130 cm³/mol. The van der Waals surface area contributed by atoms with Crippen LogP contribution < -0.4 is 10.3 Å². The molecule has 0 amide bonds. The minimum Gasteiger partial charge on any atom is -0.487 e. The molecule has 0 radical (unpaired) electrons. The third-order valence-electron chi connectivity index (χ3n) is 5.31. The van der Waals surface area contributed by atoms with Gasteiger partial charge >= 0.3 is 0 Å². The maximum atomic E-state index is 13.9. The number of aromatic nitrogens is 1. The molecule has 0 aliphatic carbocycles. The normalized spacial score (nSPS) is 11.0. The lowest BCUT2D eigenvalue weighted by atomic mass is 10.0. The van der Waals surface area contributed by atoms with Gasteiger partial charge in [-0.15, -0.1) is 0 Å². The van der Waals surface area contributed by atoms with E-state index in [0.717, 1.165) is 34.5 Å². The maximum Gasteiger partial charge on any atom is 0.273 e. The number of ether oxygens (including phenoxy) is 1. The summed E-state index contributed by atoms with van der Waals surface area (Å²) in [6.45, 7) is 3.58. The standard InChI is InChI=1S/C26H19BrClF2NO2/c1-15-6-7-18(17-4-3-5-20(28)11-17)12-23(15)31-16(2)10-24(25(27)26(31)32)33-14-19-8-9-21(29)13-22(19)30/h3-13H,14H2,1-2H3. The van der Waals surface area contributed by atoms with Crippen LogP contribution in [-0.2, 0) is 6.61 Å². The molecule has 0 fully saturated rings.